The van der Waals surface area contributed by atoms with Crippen LogP contribution in [-0.2, 0) is 0 Å². The van der Waals surface area contributed by atoms with Crippen molar-refractivity contribution in [3.05, 3.63) is 40.9 Å². The lowest BCUT2D eigenvalue weighted by molar-refractivity contribution is 0.198. The number of nitrogens with zero attached hydrogens (tertiary/aromatic N) is 3. The molecule has 1 aromatic carbocycles. The molecule has 0 radical (unpaired) electrons. The summed E-state index contributed by atoms with van der Waals surface area (Å²) in [6.45, 7) is 1.29. The topological polar surface area (TPSA) is 49.2 Å². The van der Waals surface area contributed by atoms with Crippen LogP contribution in [-0.4, -0.2) is 34.3 Å². The second-order valence-corrected chi connectivity index (χ2v) is 5.70. The lowest BCUT2D eigenvalue weighted by Gasteiger charge is -2.15. The number of aromatic nitrogens is 2. The van der Waals surface area contributed by atoms with E-state index in [1.165, 1.54) is 6.07 Å². The third-order valence-corrected chi connectivity index (χ3v) is 3.82. The van der Waals surface area contributed by atoms with Crippen molar-refractivity contribution in [1.82, 2.24) is 9.97 Å². The largest absolute Gasteiger partial charge is 0.391 e. The van der Waals surface area contributed by atoms with Gasteiger partial charge >= 0.3 is 0 Å². The van der Waals surface area contributed by atoms with E-state index >= 15 is 0 Å². The molecule has 1 saturated heterocycles. The molecule has 0 saturated carbocycles. The highest BCUT2D eigenvalue weighted by atomic mass is 79.9. The van der Waals surface area contributed by atoms with Gasteiger partial charge in [0, 0.05) is 41.1 Å². The van der Waals surface area contributed by atoms with Gasteiger partial charge in [0.1, 0.15) is 5.82 Å². The summed E-state index contributed by atoms with van der Waals surface area (Å²) in [6, 6.07) is 4.76. The van der Waals surface area contributed by atoms with Gasteiger partial charge in [-0.3, -0.25) is 0 Å². The molecule has 6 heteroatoms. The lowest BCUT2D eigenvalue weighted by Crippen LogP contribution is -2.23. The van der Waals surface area contributed by atoms with E-state index in [2.05, 4.69) is 25.9 Å². The van der Waals surface area contributed by atoms with Crippen LogP contribution >= 0.6 is 15.9 Å². The first-order valence-electron chi connectivity index (χ1n) is 6.34. The van der Waals surface area contributed by atoms with Crippen LogP contribution in [0.4, 0.5) is 10.3 Å². The molecule has 0 spiro atoms. The molecule has 2 heterocycles. The fraction of sp³-hybridized carbons (Fsp3) is 0.286. The number of hydrogen-bond donors (Lipinski definition) is 1. The van der Waals surface area contributed by atoms with Gasteiger partial charge in [0.2, 0.25) is 5.95 Å². The summed E-state index contributed by atoms with van der Waals surface area (Å²) < 4.78 is 14.6. The first kappa shape index (κ1) is 13.5. The van der Waals surface area contributed by atoms with Crippen LogP contribution in [0.25, 0.3) is 11.1 Å². The van der Waals surface area contributed by atoms with Gasteiger partial charge in [0.05, 0.1) is 6.10 Å². The lowest BCUT2D eigenvalue weighted by atomic mass is 10.1. The van der Waals surface area contributed by atoms with Crippen LogP contribution < -0.4 is 4.90 Å². The second-order valence-electron chi connectivity index (χ2n) is 4.78. The Morgan fingerprint density at radius 1 is 1.30 bits per heavy atom. The zero-order valence-corrected chi connectivity index (χ0v) is 12.2. The Hall–Kier alpha value is -1.53. The zero-order valence-electron chi connectivity index (χ0n) is 10.6. The van der Waals surface area contributed by atoms with Gasteiger partial charge in [-0.15, -0.1) is 0 Å². The standard InChI is InChI=1S/C14H13BrFN3O/c15-10-1-2-13(16)12(5-10)9-6-17-14(18-7-9)19-4-3-11(20)8-19/h1-2,5-7,11,20H,3-4,8H2. The average molecular weight is 338 g/mol. The third kappa shape index (κ3) is 2.66. The van der Waals surface area contributed by atoms with E-state index in [9.17, 15) is 9.50 Å². The summed E-state index contributed by atoms with van der Waals surface area (Å²) in [5.74, 6) is 0.266. The minimum atomic E-state index is -0.319. The summed E-state index contributed by atoms with van der Waals surface area (Å²) in [7, 11) is 0. The van der Waals surface area contributed by atoms with Crippen molar-refractivity contribution in [1.29, 1.82) is 0 Å². The summed E-state index contributed by atoms with van der Waals surface area (Å²) in [5, 5.41) is 9.51. The maximum absolute atomic E-state index is 13.8. The Balaban J connectivity index is 1.87. The molecule has 1 atom stereocenters. The van der Waals surface area contributed by atoms with Crippen LogP contribution in [0.15, 0.2) is 35.1 Å². The number of aliphatic hydroxyl groups is 1. The van der Waals surface area contributed by atoms with Crippen molar-refractivity contribution in [3.8, 4) is 11.1 Å². The molecule has 104 valence electrons. The molecule has 1 fully saturated rings. The van der Waals surface area contributed by atoms with E-state index in [4.69, 9.17) is 0 Å². The molecule has 4 nitrogen and oxygen atoms in total. The Morgan fingerprint density at radius 3 is 2.70 bits per heavy atom. The van der Waals surface area contributed by atoms with Crippen molar-refractivity contribution in [3.63, 3.8) is 0 Å². The van der Waals surface area contributed by atoms with Gasteiger partial charge in [-0.05, 0) is 24.6 Å². The van der Waals surface area contributed by atoms with E-state index in [-0.39, 0.29) is 11.9 Å². The first-order valence-corrected chi connectivity index (χ1v) is 7.13. The minimum absolute atomic E-state index is 0.304. The quantitative estimate of drug-likeness (QED) is 0.915. The maximum atomic E-state index is 13.8. The van der Waals surface area contributed by atoms with Crippen LogP contribution in [0.1, 0.15) is 6.42 Å². The number of anilines is 1. The molecule has 0 aliphatic carbocycles. The van der Waals surface area contributed by atoms with Crippen molar-refractivity contribution in [2.45, 2.75) is 12.5 Å². The molecule has 20 heavy (non-hydrogen) atoms. The van der Waals surface area contributed by atoms with Gasteiger partial charge < -0.3 is 10.0 Å². The van der Waals surface area contributed by atoms with Crippen molar-refractivity contribution in [2.24, 2.45) is 0 Å². The van der Waals surface area contributed by atoms with E-state index in [1.807, 2.05) is 4.90 Å². The Labute approximate surface area is 124 Å². The smallest absolute Gasteiger partial charge is 0.225 e. The Morgan fingerprint density at radius 2 is 2.05 bits per heavy atom. The molecule has 0 amide bonds. The molecule has 1 unspecified atom stereocenters. The molecular weight excluding hydrogens is 325 g/mol. The fourth-order valence-electron chi connectivity index (χ4n) is 2.27. The second kappa shape index (κ2) is 5.46. The number of aliphatic hydroxyl groups excluding tert-OH is 1. The number of rotatable bonds is 2. The van der Waals surface area contributed by atoms with Gasteiger partial charge in [-0.2, -0.15) is 0 Å². The van der Waals surface area contributed by atoms with E-state index in [0.29, 0.717) is 23.6 Å². The van der Waals surface area contributed by atoms with Crippen molar-refractivity contribution >= 4 is 21.9 Å². The molecule has 1 aromatic heterocycles. The van der Waals surface area contributed by atoms with Crippen LogP contribution in [0.2, 0.25) is 0 Å². The number of β-amino-alcohol motifs (C(OH)–C–C–N with tert-alkyl or cyclic N) is 1. The van der Waals surface area contributed by atoms with Gasteiger partial charge in [-0.1, -0.05) is 15.9 Å². The van der Waals surface area contributed by atoms with E-state index in [1.54, 1.807) is 24.5 Å². The normalized spacial score (nSPS) is 18.6. The molecule has 1 N–H and O–H groups in total. The highest BCUT2D eigenvalue weighted by Crippen LogP contribution is 2.26. The minimum Gasteiger partial charge on any atom is -0.391 e. The number of benzene rings is 1. The average Bonchev–Trinajstić information content (AvgIpc) is 2.88. The predicted octanol–water partition coefficient (Wildman–Crippen LogP) is 2.62. The summed E-state index contributed by atoms with van der Waals surface area (Å²) in [4.78, 5) is 10.5. The van der Waals surface area contributed by atoms with Crippen LogP contribution in [0, 0.1) is 5.82 Å². The molecule has 0 bridgehead atoms. The number of halogens is 2. The highest BCUT2D eigenvalue weighted by molar-refractivity contribution is 9.10. The third-order valence-electron chi connectivity index (χ3n) is 3.32. The molecule has 1 aliphatic heterocycles. The Kier molecular flexibility index (Phi) is 3.67. The van der Waals surface area contributed by atoms with Gasteiger partial charge in [-0.25, -0.2) is 14.4 Å². The fourth-order valence-corrected chi connectivity index (χ4v) is 2.63. The molecular formula is C14H13BrFN3O. The maximum Gasteiger partial charge on any atom is 0.225 e. The van der Waals surface area contributed by atoms with E-state index < -0.39 is 0 Å². The summed E-state index contributed by atoms with van der Waals surface area (Å²) in [6.07, 6.45) is 3.63. The molecule has 1 aliphatic rings. The highest BCUT2D eigenvalue weighted by Gasteiger charge is 2.22. The van der Waals surface area contributed by atoms with Crippen LogP contribution in [0.3, 0.4) is 0 Å². The van der Waals surface area contributed by atoms with Gasteiger partial charge in [0.25, 0.3) is 0 Å². The van der Waals surface area contributed by atoms with E-state index in [0.717, 1.165) is 17.4 Å². The zero-order chi connectivity index (χ0) is 14.1. The SMILES string of the molecule is OC1CCN(c2ncc(-c3cc(Br)ccc3F)cn2)C1. The Bertz CT molecular complexity index is 620. The summed E-state index contributed by atoms with van der Waals surface area (Å²) >= 11 is 3.33. The molecule has 3 rings (SSSR count). The van der Waals surface area contributed by atoms with Crippen molar-refractivity contribution < 1.29 is 9.50 Å². The van der Waals surface area contributed by atoms with Crippen molar-refractivity contribution in [2.75, 3.05) is 18.0 Å². The first-order chi connectivity index (χ1) is 9.63. The molecule has 2 aromatic rings. The van der Waals surface area contributed by atoms with Crippen LogP contribution in [0.5, 0.6) is 0 Å². The monoisotopic (exact) mass is 337 g/mol. The number of hydrogen-bond acceptors (Lipinski definition) is 4. The predicted molar refractivity (Wildman–Crippen MR) is 78.0 cm³/mol. The summed E-state index contributed by atoms with van der Waals surface area (Å²) in [5.41, 5.74) is 1.10. The van der Waals surface area contributed by atoms with Gasteiger partial charge in [0.15, 0.2) is 0 Å².